The van der Waals surface area contributed by atoms with Crippen molar-refractivity contribution < 1.29 is 13.9 Å². The maximum absolute atomic E-state index is 13.8. The van der Waals surface area contributed by atoms with Crippen LogP contribution in [-0.4, -0.2) is 36.6 Å². The van der Waals surface area contributed by atoms with E-state index in [9.17, 15) is 9.18 Å². The summed E-state index contributed by atoms with van der Waals surface area (Å²) in [6.07, 6.45) is 1.36. The summed E-state index contributed by atoms with van der Waals surface area (Å²) in [6, 6.07) is 9.54. The minimum atomic E-state index is -0.765. The molecule has 3 aromatic rings. The Morgan fingerprint density at radius 1 is 1.29 bits per heavy atom. The molecule has 0 radical (unpaired) electrons. The van der Waals surface area contributed by atoms with E-state index < -0.39 is 11.4 Å². The second-order valence-electron chi connectivity index (χ2n) is 6.68. The van der Waals surface area contributed by atoms with Crippen LogP contribution in [0.1, 0.15) is 22.8 Å². The molecule has 1 heterocycles. The molecule has 0 saturated heterocycles. The number of benzene rings is 2. The van der Waals surface area contributed by atoms with E-state index in [0.29, 0.717) is 28.0 Å². The predicted octanol–water partition coefficient (Wildman–Crippen LogP) is 2.19. The molecule has 0 fully saturated rings. The van der Waals surface area contributed by atoms with Gasteiger partial charge in [0.25, 0.3) is 5.91 Å². The van der Waals surface area contributed by atoms with Crippen LogP contribution in [-0.2, 0) is 5.54 Å². The number of carbonyl (C=O) groups is 1. The minimum Gasteiger partial charge on any atom is -0.497 e. The smallest absolute Gasteiger partial charge is 0.251 e. The van der Waals surface area contributed by atoms with E-state index in [1.807, 2.05) is 24.9 Å². The number of hydrogen-bond acceptors (Lipinski definition) is 6. The predicted molar refractivity (Wildman–Crippen MR) is 106 cm³/mol. The number of methoxy groups -OCH3 is 1. The number of carbonyl (C=O) groups excluding carboxylic acids is 1. The summed E-state index contributed by atoms with van der Waals surface area (Å²) in [5.41, 5.74) is 12.2. The number of nitrogens with two attached hydrogens (primary N) is 2. The molecule has 7 nitrogen and oxygen atoms in total. The molecule has 0 aliphatic heterocycles. The van der Waals surface area contributed by atoms with E-state index in [2.05, 4.69) is 9.97 Å². The lowest BCUT2D eigenvalue weighted by Crippen LogP contribution is -2.47. The molecule has 4 N–H and O–H groups in total. The zero-order valence-electron chi connectivity index (χ0n) is 15.9. The molecule has 0 bridgehead atoms. The van der Waals surface area contributed by atoms with E-state index in [4.69, 9.17) is 16.2 Å². The Bertz CT molecular complexity index is 1040. The Labute approximate surface area is 162 Å². The number of ether oxygens (including phenoxy) is 1. The number of hydrogen-bond donors (Lipinski definition) is 2. The van der Waals surface area contributed by atoms with Gasteiger partial charge < -0.3 is 21.1 Å². The number of halogens is 1. The molecule has 0 spiro atoms. The zero-order valence-corrected chi connectivity index (χ0v) is 15.9. The Morgan fingerprint density at radius 3 is 2.64 bits per heavy atom. The van der Waals surface area contributed by atoms with Crippen LogP contribution in [0.2, 0.25) is 0 Å². The Morgan fingerprint density at radius 2 is 2.04 bits per heavy atom. The van der Waals surface area contributed by atoms with Gasteiger partial charge in [0, 0.05) is 19.0 Å². The highest BCUT2D eigenvalue weighted by Crippen LogP contribution is 2.35. The number of primary amides is 1. The molecule has 3 rings (SSSR count). The summed E-state index contributed by atoms with van der Waals surface area (Å²) in [5.74, 6) is -0.00621. The van der Waals surface area contributed by atoms with E-state index in [0.717, 1.165) is 0 Å². The number of nitrogens with zero attached hydrogens (tertiary/aromatic N) is 3. The lowest BCUT2D eigenvalue weighted by Gasteiger charge is -2.39. The van der Waals surface area contributed by atoms with E-state index in [-0.39, 0.29) is 17.9 Å². The summed E-state index contributed by atoms with van der Waals surface area (Å²) in [5, 5.41) is 0.578. The second-order valence-corrected chi connectivity index (χ2v) is 6.68. The first-order chi connectivity index (χ1) is 13.3. The summed E-state index contributed by atoms with van der Waals surface area (Å²) in [4.78, 5) is 22.4. The third kappa shape index (κ3) is 3.22. The van der Waals surface area contributed by atoms with Crippen LogP contribution >= 0.6 is 0 Å². The van der Waals surface area contributed by atoms with E-state index in [1.54, 1.807) is 12.1 Å². The SMILES string of the molecule is COc1cc(C(N)=O)c2ncnc(N(C)[C@](C)(CN)c3cccc(F)c3)c2c1. The van der Waals surface area contributed by atoms with Gasteiger partial charge in [-0.05, 0) is 36.8 Å². The van der Waals surface area contributed by atoms with Crippen molar-refractivity contribution in [2.24, 2.45) is 11.5 Å². The van der Waals surface area contributed by atoms with Crippen molar-refractivity contribution in [2.75, 3.05) is 25.6 Å². The third-order valence-electron chi connectivity index (χ3n) is 5.09. The van der Waals surface area contributed by atoms with E-state index >= 15 is 0 Å². The van der Waals surface area contributed by atoms with Gasteiger partial charge in [-0.25, -0.2) is 14.4 Å². The Balaban J connectivity index is 2.24. The standard InChI is InChI=1S/C20H22FN5O2/c1-20(10-22,12-5-4-6-13(21)7-12)26(2)19-16-9-14(28-3)8-15(18(23)27)17(16)24-11-25-19/h4-9,11H,10,22H2,1-3H3,(H2,23,27)/t20-/m1/s1. The number of amides is 1. The van der Waals surface area contributed by atoms with Crippen molar-refractivity contribution in [3.05, 3.63) is 59.7 Å². The first-order valence-corrected chi connectivity index (χ1v) is 8.64. The molecule has 2 aromatic carbocycles. The fourth-order valence-electron chi connectivity index (χ4n) is 3.21. The highest BCUT2D eigenvalue weighted by atomic mass is 19.1. The van der Waals surface area contributed by atoms with Gasteiger partial charge in [-0.1, -0.05) is 12.1 Å². The molecule has 0 aliphatic carbocycles. The van der Waals surface area contributed by atoms with E-state index in [1.165, 1.54) is 31.6 Å². The zero-order chi connectivity index (χ0) is 20.5. The molecule has 1 atom stereocenters. The summed E-state index contributed by atoms with van der Waals surface area (Å²) in [7, 11) is 3.30. The molecule has 0 aliphatic rings. The van der Waals surface area contributed by atoms with Crippen molar-refractivity contribution in [2.45, 2.75) is 12.5 Å². The van der Waals surface area contributed by atoms with Crippen molar-refractivity contribution in [1.29, 1.82) is 0 Å². The largest absolute Gasteiger partial charge is 0.497 e. The monoisotopic (exact) mass is 383 g/mol. The van der Waals surface area contributed by atoms with Gasteiger partial charge in [0.2, 0.25) is 0 Å². The highest BCUT2D eigenvalue weighted by Gasteiger charge is 2.32. The average Bonchev–Trinajstić information content (AvgIpc) is 2.71. The average molecular weight is 383 g/mol. The van der Waals surface area contributed by atoms with Gasteiger partial charge in [-0.2, -0.15) is 0 Å². The molecule has 146 valence electrons. The molecule has 8 heteroatoms. The number of likely N-dealkylation sites (N-methyl/N-ethyl adjacent to an activating group) is 1. The molecular weight excluding hydrogens is 361 g/mol. The number of aromatic nitrogens is 2. The fourth-order valence-corrected chi connectivity index (χ4v) is 3.21. The first-order valence-electron chi connectivity index (χ1n) is 8.64. The molecule has 0 unspecified atom stereocenters. The molecule has 1 amide bonds. The molecule has 1 aromatic heterocycles. The van der Waals surface area contributed by atoms with Gasteiger partial charge in [0.1, 0.15) is 23.7 Å². The van der Waals surface area contributed by atoms with Crippen LogP contribution in [0.3, 0.4) is 0 Å². The second kappa shape index (κ2) is 7.40. The van der Waals surface area contributed by atoms with Crippen LogP contribution in [0.5, 0.6) is 5.75 Å². The molecular formula is C20H22FN5O2. The van der Waals surface area contributed by atoms with Gasteiger partial charge in [0.15, 0.2) is 0 Å². The van der Waals surface area contributed by atoms with Gasteiger partial charge in [-0.15, -0.1) is 0 Å². The summed E-state index contributed by atoms with van der Waals surface area (Å²) < 4.78 is 19.1. The number of rotatable bonds is 6. The topological polar surface area (TPSA) is 107 Å². The third-order valence-corrected chi connectivity index (χ3v) is 5.09. The van der Waals surface area contributed by atoms with Crippen LogP contribution in [0.25, 0.3) is 10.9 Å². The number of anilines is 1. The van der Waals surface area contributed by atoms with Crippen molar-refractivity contribution >= 4 is 22.6 Å². The lowest BCUT2D eigenvalue weighted by molar-refractivity contribution is 0.100. The van der Waals surface area contributed by atoms with Crippen LogP contribution in [0, 0.1) is 5.82 Å². The molecule has 28 heavy (non-hydrogen) atoms. The van der Waals surface area contributed by atoms with Crippen molar-refractivity contribution in [3.8, 4) is 5.75 Å². The quantitative estimate of drug-likeness (QED) is 0.676. The normalized spacial score (nSPS) is 13.2. The Hall–Kier alpha value is -3.26. The van der Waals surface area contributed by atoms with Gasteiger partial charge >= 0.3 is 0 Å². The molecule has 0 saturated carbocycles. The summed E-state index contributed by atoms with van der Waals surface area (Å²) in [6.45, 7) is 2.09. The van der Waals surface area contributed by atoms with Gasteiger partial charge in [-0.3, -0.25) is 4.79 Å². The maximum Gasteiger partial charge on any atom is 0.251 e. The van der Waals surface area contributed by atoms with Crippen molar-refractivity contribution in [3.63, 3.8) is 0 Å². The number of fused-ring (bicyclic) bond motifs is 1. The summed E-state index contributed by atoms with van der Waals surface area (Å²) >= 11 is 0. The van der Waals surface area contributed by atoms with Crippen LogP contribution in [0.4, 0.5) is 10.2 Å². The van der Waals surface area contributed by atoms with Gasteiger partial charge in [0.05, 0.1) is 23.7 Å². The Kier molecular flexibility index (Phi) is 5.15. The minimum absolute atomic E-state index is 0.199. The highest BCUT2D eigenvalue weighted by molar-refractivity contribution is 6.07. The lowest BCUT2D eigenvalue weighted by atomic mass is 9.90. The van der Waals surface area contributed by atoms with Crippen molar-refractivity contribution in [1.82, 2.24) is 9.97 Å². The maximum atomic E-state index is 13.8. The fraction of sp³-hybridized carbons (Fsp3) is 0.250. The van der Waals surface area contributed by atoms with Crippen LogP contribution < -0.4 is 21.1 Å². The van der Waals surface area contributed by atoms with Crippen LogP contribution in [0.15, 0.2) is 42.7 Å². The first kappa shape index (κ1) is 19.5.